The second-order valence-electron chi connectivity index (χ2n) is 5.83. The van der Waals surface area contributed by atoms with Gasteiger partial charge in [0, 0.05) is 23.6 Å². The van der Waals surface area contributed by atoms with Crippen LogP contribution in [-0.2, 0) is 5.75 Å². The Morgan fingerprint density at radius 3 is 2.83 bits per heavy atom. The molecular formula is C17H13FN6O3S2. The van der Waals surface area contributed by atoms with Gasteiger partial charge >= 0.3 is 6.03 Å². The van der Waals surface area contributed by atoms with Crippen molar-refractivity contribution in [2.75, 3.05) is 10.6 Å². The molecule has 0 spiro atoms. The molecule has 2 amide bonds. The van der Waals surface area contributed by atoms with Crippen molar-refractivity contribution >= 4 is 45.6 Å². The molecule has 2 N–H and O–H groups in total. The Morgan fingerprint density at radius 1 is 1.24 bits per heavy atom. The highest BCUT2D eigenvalue weighted by Crippen LogP contribution is 2.28. The monoisotopic (exact) mass is 432 g/mol. The lowest BCUT2D eigenvalue weighted by atomic mass is 10.3. The molecule has 0 saturated carbocycles. The average molecular weight is 432 g/mol. The van der Waals surface area contributed by atoms with Crippen LogP contribution in [-0.4, -0.2) is 25.8 Å². The number of benzene rings is 1. The highest BCUT2D eigenvalue weighted by Gasteiger charge is 2.11. The number of halogens is 1. The van der Waals surface area contributed by atoms with Crippen molar-refractivity contribution in [3.8, 4) is 0 Å². The van der Waals surface area contributed by atoms with Crippen LogP contribution in [0.1, 0.15) is 11.5 Å². The summed E-state index contributed by atoms with van der Waals surface area (Å²) in [5, 5.41) is 13.4. The average Bonchev–Trinajstić information content (AvgIpc) is 3.28. The van der Waals surface area contributed by atoms with Gasteiger partial charge in [0.2, 0.25) is 5.13 Å². The Bertz CT molecular complexity index is 1230. The van der Waals surface area contributed by atoms with Crippen LogP contribution in [0.5, 0.6) is 0 Å². The number of hydrogen-bond donors (Lipinski definition) is 2. The first kappa shape index (κ1) is 19.1. The maximum absolute atomic E-state index is 12.9. The summed E-state index contributed by atoms with van der Waals surface area (Å²) >= 11 is 2.53. The van der Waals surface area contributed by atoms with Crippen molar-refractivity contribution in [1.29, 1.82) is 0 Å². The van der Waals surface area contributed by atoms with E-state index in [-0.39, 0.29) is 11.4 Å². The number of carbonyl (C=O) groups excluding carboxylic acids is 1. The van der Waals surface area contributed by atoms with Gasteiger partial charge in [-0.2, -0.15) is 0 Å². The van der Waals surface area contributed by atoms with E-state index in [1.807, 2.05) is 0 Å². The number of hydrogen-bond acceptors (Lipinski definition) is 8. The number of aromatic nitrogens is 4. The minimum Gasteiger partial charge on any atom is -0.375 e. The van der Waals surface area contributed by atoms with Crippen LogP contribution in [0.25, 0.3) is 5.65 Å². The number of fused-ring (bicyclic) bond motifs is 1. The van der Waals surface area contributed by atoms with Crippen molar-refractivity contribution in [2.45, 2.75) is 17.0 Å². The summed E-state index contributed by atoms with van der Waals surface area (Å²) in [5.74, 6) is 0.617. The number of anilines is 2. The Labute approximate surface area is 170 Å². The van der Waals surface area contributed by atoms with E-state index >= 15 is 0 Å². The molecule has 1 aromatic carbocycles. The van der Waals surface area contributed by atoms with E-state index in [2.05, 4.69) is 25.8 Å². The van der Waals surface area contributed by atoms with Crippen molar-refractivity contribution in [2.24, 2.45) is 0 Å². The molecule has 0 aliphatic rings. The summed E-state index contributed by atoms with van der Waals surface area (Å²) in [4.78, 5) is 28.4. The molecule has 4 aromatic rings. The zero-order chi connectivity index (χ0) is 20.4. The number of rotatable bonds is 5. The summed E-state index contributed by atoms with van der Waals surface area (Å²) in [6, 6.07) is 7.96. The van der Waals surface area contributed by atoms with Gasteiger partial charge in [-0.1, -0.05) is 23.1 Å². The third kappa shape index (κ3) is 4.60. The molecule has 0 aliphatic heterocycles. The fourth-order valence-electron chi connectivity index (χ4n) is 2.39. The van der Waals surface area contributed by atoms with Gasteiger partial charge in [0.25, 0.3) is 5.56 Å². The van der Waals surface area contributed by atoms with Gasteiger partial charge in [0.15, 0.2) is 9.99 Å². The van der Waals surface area contributed by atoms with Crippen molar-refractivity contribution in [1.82, 2.24) is 19.8 Å². The number of aryl methyl sites for hydroxylation is 1. The van der Waals surface area contributed by atoms with Crippen molar-refractivity contribution < 1.29 is 13.7 Å². The molecule has 0 aliphatic carbocycles. The fraction of sp³-hybridized carbons (Fsp3) is 0.118. The molecule has 148 valence electrons. The van der Waals surface area contributed by atoms with Crippen LogP contribution in [0.3, 0.4) is 0 Å². The summed E-state index contributed by atoms with van der Waals surface area (Å²) in [6.07, 6.45) is 0. The van der Waals surface area contributed by atoms with Gasteiger partial charge in [-0.15, -0.1) is 14.8 Å². The molecule has 0 unspecified atom stereocenters. The molecule has 9 nitrogen and oxygen atoms in total. The summed E-state index contributed by atoms with van der Waals surface area (Å²) in [6.45, 7) is 1.74. The maximum atomic E-state index is 12.9. The maximum Gasteiger partial charge on any atom is 0.325 e. The zero-order valence-corrected chi connectivity index (χ0v) is 16.5. The normalized spacial score (nSPS) is 11.0. The number of nitrogens with one attached hydrogen (secondary N) is 2. The molecule has 0 radical (unpaired) electrons. The Balaban J connectivity index is 1.36. The van der Waals surface area contributed by atoms with E-state index in [1.165, 1.54) is 53.4 Å². The van der Waals surface area contributed by atoms with Gasteiger partial charge in [-0.25, -0.2) is 14.2 Å². The van der Waals surface area contributed by atoms with Crippen molar-refractivity contribution in [3.63, 3.8) is 0 Å². The van der Waals surface area contributed by atoms with Gasteiger partial charge < -0.3 is 9.84 Å². The predicted octanol–water partition coefficient (Wildman–Crippen LogP) is 3.52. The first-order chi connectivity index (χ1) is 14.0. The quantitative estimate of drug-likeness (QED) is 0.366. The summed E-state index contributed by atoms with van der Waals surface area (Å²) in [7, 11) is 0. The van der Waals surface area contributed by atoms with Crippen LogP contribution >= 0.6 is 23.1 Å². The van der Waals surface area contributed by atoms with E-state index in [0.29, 0.717) is 38.0 Å². The highest BCUT2D eigenvalue weighted by atomic mass is 32.2. The molecule has 3 heterocycles. The van der Waals surface area contributed by atoms with Gasteiger partial charge in [-0.05, 0) is 31.2 Å². The zero-order valence-electron chi connectivity index (χ0n) is 14.9. The minimum absolute atomic E-state index is 0.296. The lowest BCUT2D eigenvalue weighted by Crippen LogP contribution is -2.19. The molecule has 0 atom stereocenters. The lowest BCUT2D eigenvalue weighted by molar-refractivity contribution is 0.262. The molecule has 0 saturated heterocycles. The standard InChI is InChI=1S/C17H13FN6O3S2/c1-9-6-13-19-12(7-14(25)24(13)27-9)8-28-17-23-22-16(29-17)21-15(26)20-11-4-2-10(18)3-5-11/h2-7H,8H2,1H3,(H2,20,21,22,26). The lowest BCUT2D eigenvalue weighted by Gasteiger charge is -2.04. The molecule has 29 heavy (non-hydrogen) atoms. The van der Waals surface area contributed by atoms with E-state index in [0.717, 1.165) is 4.57 Å². The number of urea groups is 1. The van der Waals surface area contributed by atoms with Crippen LogP contribution < -0.4 is 16.2 Å². The SMILES string of the molecule is Cc1cc2nc(CSc3nnc(NC(=O)Nc4ccc(F)cc4)s3)cc(=O)n2o1. The van der Waals surface area contributed by atoms with Crippen molar-refractivity contribution in [3.05, 3.63) is 64.0 Å². The number of carbonyl (C=O) groups is 1. The van der Waals surface area contributed by atoms with Crippen LogP contribution in [0.4, 0.5) is 20.0 Å². The predicted molar refractivity (Wildman–Crippen MR) is 107 cm³/mol. The van der Waals surface area contributed by atoms with E-state index in [9.17, 15) is 14.0 Å². The van der Waals surface area contributed by atoms with Gasteiger partial charge in [0.05, 0.1) is 5.69 Å². The number of nitrogens with zero attached hydrogens (tertiary/aromatic N) is 4. The Kier molecular flexibility index (Phi) is 5.27. The number of thioether (sulfide) groups is 1. The third-order valence-corrected chi connectivity index (χ3v) is 5.60. The second kappa shape index (κ2) is 8.01. The minimum atomic E-state index is -0.514. The van der Waals surface area contributed by atoms with Crippen LogP contribution in [0.15, 0.2) is 50.1 Å². The molecule has 4 rings (SSSR count). The van der Waals surface area contributed by atoms with Crippen LogP contribution in [0.2, 0.25) is 0 Å². The van der Waals surface area contributed by atoms with Gasteiger partial charge in [-0.3, -0.25) is 10.1 Å². The fourth-order valence-corrected chi connectivity index (χ4v) is 4.03. The molecule has 0 bridgehead atoms. The van der Waals surface area contributed by atoms with E-state index in [4.69, 9.17) is 4.52 Å². The molecule has 3 aromatic heterocycles. The topological polar surface area (TPSA) is 114 Å². The molecular weight excluding hydrogens is 419 g/mol. The van der Waals surface area contributed by atoms with Gasteiger partial charge in [0.1, 0.15) is 11.6 Å². The number of amides is 2. The Hall–Kier alpha value is -3.25. The summed E-state index contributed by atoms with van der Waals surface area (Å²) in [5.41, 5.74) is 1.18. The first-order valence-electron chi connectivity index (χ1n) is 8.26. The van der Waals surface area contributed by atoms with Crippen LogP contribution in [0, 0.1) is 12.7 Å². The first-order valence-corrected chi connectivity index (χ1v) is 10.1. The Morgan fingerprint density at radius 2 is 2.03 bits per heavy atom. The largest absolute Gasteiger partial charge is 0.375 e. The molecule has 12 heteroatoms. The third-order valence-electron chi connectivity index (χ3n) is 3.60. The second-order valence-corrected chi connectivity index (χ2v) is 8.03. The smallest absolute Gasteiger partial charge is 0.325 e. The molecule has 0 fully saturated rings. The highest BCUT2D eigenvalue weighted by molar-refractivity contribution is 8.00. The van der Waals surface area contributed by atoms with E-state index < -0.39 is 6.03 Å². The van der Waals surface area contributed by atoms with E-state index in [1.54, 1.807) is 13.0 Å². The summed E-state index contributed by atoms with van der Waals surface area (Å²) < 4.78 is 19.9.